The third kappa shape index (κ3) is 15.8. The van der Waals surface area contributed by atoms with Crippen molar-refractivity contribution in [3.63, 3.8) is 0 Å². The summed E-state index contributed by atoms with van der Waals surface area (Å²) >= 11 is 0. The number of likely N-dealkylation sites (tertiary alicyclic amines) is 3. The van der Waals surface area contributed by atoms with Crippen LogP contribution in [0, 0.1) is 34.9 Å². The van der Waals surface area contributed by atoms with Gasteiger partial charge in [-0.05, 0) is 146 Å². The van der Waals surface area contributed by atoms with Crippen molar-refractivity contribution in [1.29, 1.82) is 0 Å². The number of aliphatic hydroxyl groups excluding tert-OH is 2. The molecule has 6 aliphatic heterocycles. The number of carbonyl (C=O) groups is 4. The SMILES string of the molecule is O=C(NCc1ccc(F)cc1)N1CCC2(CC1)C[C@@H](O)c1cc(F)ccc1N2.O=C(NCc1ccc(F)cc1)N1CCC2(CC1)C[C@H](O)c1cc(F)ccc1N2.O=C1CC2(CCN(C(=O)NCc3ccc(F)cc3)CC2)Nc2ccc(F)cc21.[B].[H-].[Na+]. The maximum absolute atomic E-state index is 13.4. The Kier molecular flexibility index (Phi) is 21.1. The van der Waals surface area contributed by atoms with E-state index in [2.05, 4.69) is 31.9 Å². The smallest absolute Gasteiger partial charge is 1.00 e. The second-order valence-corrected chi connectivity index (χ2v) is 22.7. The summed E-state index contributed by atoms with van der Waals surface area (Å²) in [6, 6.07) is 30.6. The molecule has 0 bridgehead atoms. The van der Waals surface area contributed by atoms with Crippen LogP contribution in [-0.2, 0) is 19.6 Å². The van der Waals surface area contributed by atoms with Gasteiger partial charge in [-0.2, -0.15) is 0 Å². The van der Waals surface area contributed by atoms with E-state index in [1.165, 1.54) is 72.8 Å². The van der Waals surface area contributed by atoms with Crippen LogP contribution in [0.4, 0.5) is 57.8 Å². The number of rotatable bonds is 6. The van der Waals surface area contributed by atoms with Gasteiger partial charge in [0.15, 0.2) is 5.78 Å². The number of benzene rings is 6. The molecule has 3 saturated heterocycles. The molecule has 15 nitrogen and oxygen atoms in total. The van der Waals surface area contributed by atoms with Crippen LogP contribution in [0.5, 0.6) is 0 Å². The van der Waals surface area contributed by atoms with E-state index in [1.807, 2.05) is 0 Å². The zero-order valence-corrected chi connectivity index (χ0v) is 49.7. The monoisotopic (exact) mass is 1190 g/mol. The Morgan fingerprint density at radius 2 is 0.744 bits per heavy atom. The van der Waals surface area contributed by atoms with Gasteiger partial charge in [-0.15, -0.1) is 0 Å². The molecule has 0 aromatic heterocycles. The second kappa shape index (κ2) is 28.1. The number of urea groups is 3. The van der Waals surface area contributed by atoms with Crippen molar-refractivity contribution in [3.8, 4) is 0 Å². The van der Waals surface area contributed by atoms with Crippen LogP contribution in [0.15, 0.2) is 127 Å². The number of nitrogens with zero attached hydrogens (tertiary/aromatic N) is 3. The van der Waals surface area contributed by atoms with Gasteiger partial charge in [0, 0.05) is 137 Å². The van der Waals surface area contributed by atoms with E-state index in [0.717, 1.165) is 28.1 Å². The molecule has 8 N–H and O–H groups in total. The van der Waals surface area contributed by atoms with Gasteiger partial charge < -0.3 is 58.2 Å². The molecule has 12 rings (SSSR count). The van der Waals surface area contributed by atoms with Crippen molar-refractivity contribution in [3.05, 3.63) is 196 Å². The Labute approximate surface area is 521 Å². The number of aliphatic hydroxyl groups is 2. The molecule has 6 aromatic carbocycles. The normalized spacial score (nSPS) is 19.1. The number of anilines is 3. The predicted molar refractivity (Wildman–Crippen MR) is 312 cm³/mol. The topological polar surface area (TPSA) is 191 Å². The molecular weight excluding hydrogens is 1130 g/mol. The molecule has 3 fully saturated rings. The molecular formula is C63H68BF6N9NaO6. The number of amides is 6. The van der Waals surface area contributed by atoms with Crippen molar-refractivity contribution in [1.82, 2.24) is 30.7 Å². The van der Waals surface area contributed by atoms with E-state index in [0.29, 0.717) is 139 Å². The molecule has 6 aromatic rings. The number of ketones is 1. The Balaban J connectivity index is 0.000000183. The standard InChI is InChI=1S/2C21H23F2N3O2.C21H21F2N3O2.B.Na.H/c3*22-15-3-1-14(2-4-15)13-24-20(28)26-9-7-21(8-10-26)12-19(27)17-11-16(23)5-6-18(17)25-21;;;/h2*1-6,11,19,25,27H,7-10,12-13H2,(H,24,28);1-6,11,25H,7-10,12-13H2,(H,24,28);;;/q;;;;+1;-1/t2*19-;;;;/m10..../s1. The molecule has 3 radical (unpaired) electrons. The van der Waals surface area contributed by atoms with Crippen LogP contribution < -0.4 is 61.5 Å². The van der Waals surface area contributed by atoms with E-state index < -0.39 is 23.6 Å². The second-order valence-electron chi connectivity index (χ2n) is 22.7. The number of piperidine rings is 3. The van der Waals surface area contributed by atoms with Crippen LogP contribution in [0.2, 0.25) is 0 Å². The van der Waals surface area contributed by atoms with Crippen molar-refractivity contribution >= 4 is 49.4 Å². The Morgan fingerprint density at radius 3 is 1.09 bits per heavy atom. The molecule has 6 amide bonds. The fourth-order valence-corrected chi connectivity index (χ4v) is 12.1. The largest absolute Gasteiger partial charge is 1.00 e. The zero-order valence-electron chi connectivity index (χ0n) is 48.7. The van der Waals surface area contributed by atoms with Crippen LogP contribution in [0.1, 0.15) is 110 Å². The molecule has 447 valence electrons. The first-order valence-electron chi connectivity index (χ1n) is 28.3. The third-order valence-corrected chi connectivity index (χ3v) is 17.0. The summed E-state index contributed by atoms with van der Waals surface area (Å²) in [5.74, 6) is -2.12. The summed E-state index contributed by atoms with van der Waals surface area (Å²) in [6.07, 6.45) is 3.93. The van der Waals surface area contributed by atoms with E-state index in [4.69, 9.17) is 0 Å². The molecule has 2 atom stereocenters. The number of Topliss-reactive ketones (excluding diaryl/α,β-unsaturated/α-hetero) is 1. The van der Waals surface area contributed by atoms with Crippen LogP contribution in [-0.4, -0.2) is 113 Å². The number of halogens is 6. The van der Waals surface area contributed by atoms with Crippen molar-refractivity contribution in [2.75, 3.05) is 55.2 Å². The fraction of sp³-hybridized carbons (Fsp3) is 0.365. The first-order valence-corrected chi connectivity index (χ1v) is 28.3. The minimum absolute atomic E-state index is 0. The van der Waals surface area contributed by atoms with Gasteiger partial charge in [0.05, 0.1) is 12.2 Å². The van der Waals surface area contributed by atoms with Crippen molar-refractivity contribution < 1.29 is 86.7 Å². The summed E-state index contributed by atoms with van der Waals surface area (Å²) in [5.41, 5.74) is 5.27. The number of fused-ring (bicyclic) bond motifs is 3. The molecule has 0 aliphatic carbocycles. The maximum Gasteiger partial charge on any atom is 1.00 e. The summed E-state index contributed by atoms with van der Waals surface area (Å²) in [5, 5.41) is 39.9. The number of carbonyl (C=O) groups excluding carboxylic acids is 4. The number of hydrogen-bond acceptors (Lipinski definition) is 9. The third-order valence-electron chi connectivity index (χ3n) is 17.0. The van der Waals surface area contributed by atoms with Gasteiger partial charge in [-0.25, -0.2) is 40.7 Å². The van der Waals surface area contributed by atoms with Gasteiger partial charge in [-0.1, -0.05) is 36.4 Å². The van der Waals surface area contributed by atoms with Crippen LogP contribution in [0.25, 0.3) is 0 Å². The Hall–Kier alpha value is -7.24. The number of hydrogen-bond donors (Lipinski definition) is 8. The minimum Gasteiger partial charge on any atom is -1.00 e. The first kappa shape index (κ1) is 64.8. The average Bonchev–Trinajstić information content (AvgIpc) is 1.10. The summed E-state index contributed by atoms with van der Waals surface area (Å²) in [7, 11) is 0. The summed E-state index contributed by atoms with van der Waals surface area (Å²) in [6.45, 7) is 4.30. The molecule has 6 heterocycles. The van der Waals surface area contributed by atoms with E-state index in [-0.39, 0.29) is 103 Å². The average molecular weight is 1200 g/mol. The van der Waals surface area contributed by atoms with Crippen molar-refractivity contribution in [2.45, 2.75) is 106 Å². The van der Waals surface area contributed by atoms with E-state index in [9.17, 15) is 55.7 Å². The van der Waals surface area contributed by atoms with Gasteiger partial charge >= 0.3 is 47.7 Å². The van der Waals surface area contributed by atoms with Crippen LogP contribution in [0.3, 0.4) is 0 Å². The fourth-order valence-electron chi connectivity index (χ4n) is 12.1. The quantitative estimate of drug-likeness (QED) is 0.0615. The maximum atomic E-state index is 13.4. The van der Waals surface area contributed by atoms with Gasteiger partial charge in [-0.3, -0.25) is 4.79 Å². The molecule has 86 heavy (non-hydrogen) atoms. The molecule has 23 heteroatoms. The summed E-state index contributed by atoms with van der Waals surface area (Å²) < 4.78 is 79.2. The molecule has 0 saturated carbocycles. The van der Waals surface area contributed by atoms with Gasteiger partial charge in [0.25, 0.3) is 0 Å². The summed E-state index contributed by atoms with van der Waals surface area (Å²) in [4.78, 5) is 55.0. The number of nitrogens with one attached hydrogen (secondary N) is 6. The first-order chi connectivity index (χ1) is 40.3. The predicted octanol–water partition coefficient (Wildman–Crippen LogP) is 7.56. The minimum atomic E-state index is -0.717. The zero-order chi connectivity index (χ0) is 59.2. The van der Waals surface area contributed by atoms with Crippen molar-refractivity contribution in [2.24, 2.45) is 0 Å². The Bertz CT molecular complexity index is 3210. The molecule has 6 aliphatic rings. The van der Waals surface area contributed by atoms with E-state index >= 15 is 0 Å². The molecule has 3 spiro atoms. The van der Waals surface area contributed by atoms with Gasteiger partial charge in [0.2, 0.25) is 0 Å². The Morgan fingerprint density at radius 1 is 0.453 bits per heavy atom. The van der Waals surface area contributed by atoms with E-state index in [1.54, 1.807) is 69.3 Å². The molecule has 0 unspecified atom stereocenters. The van der Waals surface area contributed by atoms with Crippen LogP contribution >= 0.6 is 0 Å². The van der Waals surface area contributed by atoms with Gasteiger partial charge in [0.1, 0.15) is 34.9 Å².